The molecule has 2 aliphatic heterocycles. The number of rotatable bonds is 15. The van der Waals surface area contributed by atoms with E-state index in [0.29, 0.717) is 42.5 Å². The number of halogens is 2. The molecule has 3 amide bonds. The van der Waals surface area contributed by atoms with Crippen LogP contribution in [-0.4, -0.2) is 90.6 Å². The molecule has 1 aromatic carbocycles. The largest absolute Gasteiger partial charge is 0.404 e. The van der Waals surface area contributed by atoms with Gasteiger partial charge in [0.2, 0.25) is 11.8 Å². The number of thiophene rings is 1. The number of carbonyl (C=O) groups excluding carboxylic acids is 5. The Balaban J connectivity index is 1.13. The second-order valence-corrected chi connectivity index (χ2v) is 22.4. The summed E-state index contributed by atoms with van der Waals surface area (Å²) in [4.78, 5) is 79.1. The number of imidazole rings is 1. The molecule has 6 rings (SSSR count). The first-order valence-electron chi connectivity index (χ1n) is 20.0. The Hall–Kier alpha value is -3.74. The second kappa shape index (κ2) is 18.9. The third-order valence-electron chi connectivity index (χ3n) is 10.3. The van der Waals surface area contributed by atoms with E-state index >= 15 is 8.78 Å². The van der Waals surface area contributed by atoms with Gasteiger partial charge in [0.05, 0.1) is 29.9 Å². The van der Waals surface area contributed by atoms with Crippen LogP contribution in [0.1, 0.15) is 94.4 Å². The lowest BCUT2D eigenvalue weighted by molar-refractivity contribution is -0.141. The molecular weight excluding hydrogens is 870 g/mol. The standard InChI is InChI=1S/C41H51F2N6O8PS3/c1-39(2,3)37(53)59-16-14-56-58(55,57-15-17-60-38(54)40(4,5)6)41(42,43)26-10-13-31-25(19-26)20-32(61-31)35(51)48-28-9-7-8-27-11-12-30(49(27)36(28)52)34(50)45-22-24-18-29-33(44-21-24)47-23-46-29/h10,13,18-21,23,27-28,30H,7-9,11-12,14-17,22H2,1-6H3,(H,45,50)(H,48,51)(H,44,46,47)/t27-,28-,30-/m0/s1. The predicted molar refractivity (Wildman–Crippen MR) is 234 cm³/mol. The summed E-state index contributed by atoms with van der Waals surface area (Å²) in [5.74, 6) is -1.31. The zero-order chi connectivity index (χ0) is 44.3. The zero-order valence-corrected chi connectivity index (χ0v) is 38.2. The maximum absolute atomic E-state index is 16.4. The van der Waals surface area contributed by atoms with Crippen molar-refractivity contribution in [1.29, 1.82) is 0 Å². The molecule has 0 saturated carbocycles. The summed E-state index contributed by atoms with van der Waals surface area (Å²) < 4.78 is 58.0. The van der Waals surface area contributed by atoms with Crippen molar-refractivity contribution in [2.75, 3.05) is 24.7 Å². The highest BCUT2D eigenvalue weighted by molar-refractivity contribution is 8.14. The zero-order valence-electron chi connectivity index (χ0n) is 34.9. The average Bonchev–Trinajstić information content (AvgIpc) is 3.95. The summed E-state index contributed by atoms with van der Waals surface area (Å²) in [6, 6.07) is 5.12. The Bertz CT molecular complexity index is 2310. The molecule has 0 spiro atoms. The molecule has 3 N–H and O–H groups in total. The number of amides is 3. The number of H-pyrrole nitrogens is 1. The summed E-state index contributed by atoms with van der Waals surface area (Å²) in [7, 11) is -5.25. The molecule has 2 fully saturated rings. The summed E-state index contributed by atoms with van der Waals surface area (Å²) in [5, 5.41) is 5.65. The van der Waals surface area contributed by atoms with Gasteiger partial charge < -0.3 is 29.6 Å². The third-order valence-corrected chi connectivity index (χ3v) is 15.9. The molecule has 5 heterocycles. The number of aromatic nitrogens is 3. The number of pyridine rings is 1. The number of hydrogen-bond acceptors (Lipinski definition) is 13. The van der Waals surface area contributed by atoms with Crippen molar-refractivity contribution < 1.29 is 46.4 Å². The fourth-order valence-electron chi connectivity index (χ4n) is 6.97. The summed E-state index contributed by atoms with van der Waals surface area (Å²) >= 11 is 2.80. The summed E-state index contributed by atoms with van der Waals surface area (Å²) in [6.07, 6.45) is 6.01. The van der Waals surface area contributed by atoms with E-state index in [4.69, 9.17) is 9.05 Å². The number of benzene rings is 1. The van der Waals surface area contributed by atoms with Crippen molar-refractivity contribution in [3.63, 3.8) is 0 Å². The topological polar surface area (TPSA) is 190 Å². The van der Waals surface area contributed by atoms with Gasteiger partial charge in [-0.2, -0.15) is 8.78 Å². The molecule has 0 unspecified atom stereocenters. The van der Waals surface area contributed by atoms with E-state index in [2.05, 4.69) is 25.6 Å². The van der Waals surface area contributed by atoms with E-state index in [9.17, 15) is 28.5 Å². The quantitative estimate of drug-likeness (QED) is 0.0771. The first kappa shape index (κ1) is 46.8. The molecule has 4 aromatic rings. The average molecular weight is 921 g/mol. The van der Waals surface area contributed by atoms with E-state index in [-0.39, 0.29) is 56.4 Å². The molecule has 2 aliphatic rings. The molecule has 61 heavy (non-hydrogen) atoms. The monoisotopic (exact) mass is 920 g/mol. The van der Waals surface area contributed by atoms with E-state index in [1.165, 1.54) is 18.5 Å². The number of fused-ring (bicyclic) bond motifs is 3. The fraction of sp³-hybridized carbons (Fsp3) is 0.537. The van der Waals surface area contributed by atoms with Crippen LogP contribution < -0.4 is 10.6 Å². The van der Waals surface area contributed by atoms with Crippen LogP contribution in [0.4, 0.5) is 8.78 Å². The molecule has 3 aromatic heterocycles. The predicted octanol–water partition coefficient (Wildman–Crippen LogP) is 8.02. The minimum absolute atomic E-state index is 0.0449. The van der Waals surface area contributed by atoms with Crippen molar-refractivity contribution in [2.45, 2.75) is 104 Å². The highest BCUT2D eigenvalue weighted by atomic mass is 32.2. The highest BCUT2D eigenvalue weighted by Crippen LogP contribution is 2.67. The molecular formula is C41H51F2N6O8PS3. The smallest absolute Gasteiger partial charge is 0.350 e. The first-order valence-corrected chi connectivity index (χ1v) is 24.4. The lowest BCUT2D eigenvalue weighted by atomic mass is 9.99. The molecule has 0 aliphatic carbocycles. The Labute approximate surface area is 365 Å². The summed E-state index contributed by atoms with van der Waals surface area (Å²) in [5.41, 5.74) is -4.13. The van der Waals surface area contributed by atoms with Gasteiger partial charge in [-0.15, -0.1) is 11.3 Å². The lowest BCUT2D eigenvalue weighted by Gasteiger charge is -2.30. The van der Waals surface area contributed by atoms with Gasteiger partial charge in [-0.3, -0.25) is 28.5 Å². The van der Waals surface area contributed by atoms with E-state index < -0.39 is 60.9 Å². The Morgan fingerprint density at radius 1 is 0.934 bits per heavy atom. The van der Waals surface area contributed by atoms with Crippen LogP contribution in [0.25, 0.3) is 21.3 Å². The number of hydrogen-bond donors (Lipinski definition) is 3. The van der Waals surface area contributed by atoms with Crippen LogP contribution in [0, 0.1) is 10.8 Å². The number of aromatic amines is 1. The number of nitrogens with zero attached hydrogens (tertiary/aromatic N) is 3. The molecule has 2 saturated heterocycles. The van der Waals surface area contributed by atoms with Crippen LogP contribution in [-0.2, 0) is 45.0 Å². The van der Waals surface area contributed by atoms with Gasteiger partial charge >= 0.3 is 13.3 Å². The molecule has 330 valence electrons. The van der Waals surface area contributed by atoms with Gasteiger partial charge in [0.1, 0.15) is 12.1 Å². The molecule has 20 heteroatoms. The van der Waals surface area contributed by atoms with E-state index in [1.807, 2.05) is 6.07 Å². The van der Waals surface area contributed by atoms with Crippen molar-refractivity contribution in [2.24, 2.45) is 10.8 Å². The van der Waals surface area contributed by atoms with Crippen LogP contribution >= 0.6 is 42.5 Å². The van der Waals surface area contributed by atoms with E-state index in [1.54, 1.807) is 52.6 Å². The van der Waals surface area contributed by atoms with Gasteiger partial charge in [-0.25, -0.2) is 9.97 Å². The minimum atomic E-state index is -5.25. The first-order chi connectivity index (χ1) is 28.7. The Kier molecular flexibility index (Phi) is 14.5. The normalized spacial score (nSPS) is 18.9. The molecule has 0 radical (unpaired) electrons. The van der Waals surface area contributed by atoms with Crippen molar-refractivity contribution in [3.8, 4) is 0 Å². The lowest BCUT2D eigenvalue weighted by Crippen LogP contribution is -2.54. The minimum Gasteiger partial charge on any atom is -0.350 e. The van der Waals surface area contributed by atoms with Gasteiger partial charge in [0, 0.05) is 51.4 Å². The maximum atomic E-state index is 16.4. The van der Waals surface area contributed by atoms with Crippen LogP contribution in [0.3, 0.4) is 0 Å². The van der Waals surface area contributed by atoms with Gasteiger partial charge in [-0.1, -0.05) is 71.1 Å². The highest BCUT2D eigenvalue weighted by Gasteiger charge is 2.55. The Morgan fingerprint density at radius 3 is 2.26 bits per heavy atom. The Morgan fingerprint density at radius 2 is 1.61 bits per heavy atom. The number of nitrogens with one attached hydrogen (secondary N) is 3. The molecule has 3 atom stereocenters. The number of carbonyl (C=O) groups is 5. The van der Waals surface area contributed by atoms with Crippen molar-refractivity contribution in [3.05, 3.63) is 58.9 Å². The van der Waals surface area contributed by atoms with Gasteiger partial charge in [-0.05, 0) is 67.3 Å². The van der Waals surface area contributed by atoms with Crippen LogP contribution in [0.15, 0.2) is 42.9 Å². The van der Waals surface area contributed by atoms with Crippen LogP contribution in [0.2, 0.25) is 0 Å². The SMILES string of the molecule is CC(C)(C)C(=O)SCCOP(=O)(OCCSC(=O)C(C)(C)C)C(F)(F)c1ccc2sc(C(=O)N[C@H]3CCC[C@H]4CC[C@@H](C(=O)NCc5cnc6nc[nH]c6c5)N4C3=O)cc2c1. The van der Waals surface area contributed by atoms with Gasteiger partial charge in [0.25, 0.3) is 5.91 Å². The van der Waals surface area contributed by atoms with Gasteiger partial charge in [0.15, 0.2) is 15.9 Å². The molecule has 14 nitrogen and oxygen atoms in total. The maximum Gasteiger partial charge on any atom is 0.404 e. The second-order valence-electron chi connectivity index (χ2n) is 17.1. The summed E-state index contributed by atoms with van der Waals surface area (Å²) in [6.45, 7) is 9.60. The van der Waals surface area contributed by atoms with Crippen LogP contribution in [0.5, 0.6) is 0 Å². The van der Waals surface area contributed by atoms with E-state index in [0.717, 1.165) is 58.1 Å². The van der Waals surface area contributed by atoms with Crippen molar-refractivity contribution >= 4 is 91.7 Å². The fourth-order valence-corrected chi connectivity index (χ4v) is 11.3. The number of thioether (sulfide) groups is 2. The molecule has 0 bridgehead atoms. The third kappa shape index (κ3) is 10.9. The van der Waals surface area contributed by atoms with Crippen molar-refractivity contribution in [1.82, 2.24) is 30.5 Å². The number of alkyl halides is 2.